The second-order valence-electron chi connectivity index (χ2n) is 4.41. The molecule has 0 aromatic carbocycles. The first-order valence-electron chi connectivity index (χ1n) is 6.28. The van der Waals surface area contributed by atoms with Gasteiger partial charge in [0.1, 0.15) is 0 Å². The van der Waals surface area contributed by atoms with E-state index in [1.807, 2.05) is 0 Å². The van der Waals surface area contributed by atoms with E-state index in [9.17, 15) is 16.8 Å². The number of hydrogen-bond donors (Lipinski definition) is 0. The Hall–Kier alpha value is -1.14. The maximum Gasteiger partial charge on any atom is 0.194 e. The molecule has 0 N–H and O–H groups in total. The van der Waals surface area contributed by atoms with Crippen LogP contribution in [0.5, 0.6) is 0 Å². The SMILES string of the molecule is C=CS(=O)(=O)C(=C)CCCCCCC(=C)S(=O)(=O)C=C. The summed E-state index contributed by atoms with van der Waals surface area (Å²) in [6, 6.07) is 0. The van der Waals surface area contributed by atoms with Crippen LogP contribution in [0.1, 0.15) is 38.5 Å². The quantitative estimate of drug-likeness (QED) is 0.547. The van der Waals surface area contributed by atoms with E-state index in [4.69, 9.17) is 0 Å². The van der Waals surface area contributed by atoms with Crippen molar-refractivity contribution >= 4 is 19.7 Å². The van der Waals surface area contributed by atoms with Crippen molar-refractivity contribution in [3.05, 3.63) is 46.9 Å². The molecule has 0 saturated carbocycles. The fourth-order valence-electron chi connectivity index (χ4n) is 1.52. The topological polar surface area (TPSA) is 68.3 Å². The van der Waals surface area contributed by atoms with E-state index in [-0.39, 0.29) is 9.81 Å². The Kier molecular flexibility index (Phi) is 7.75. The van der Waals surface area contributed by atoms with Gasteiger partial charge in [0.15, 0.2) is 19.7 Å². The van der Waals surface area contributed by atoms with Gasteiger partial charge in [-0.05, 0) is 25.7 Å². The lowest BCUT2D eigenvalue weighted by molar-refractivity contribution is 0.598. The average Bonchev–Trinajstić information content (AvgIpc) is 2.41. The van der Waals surface area contributed by atoms with Crippen LogP contribution in [0, 0.1) is 0 Å². The molecule has 0 atom stereocenters. The molecule has 6 heteroatoms. The van der Waals surface area contributed by atoms with E-state index in [1.54, 1.807) is 0 Å². The lowest BCUT2D eigenvalue weighted by Gasteiger charge is -2.05. The van der Waals surface area contributed by atoms with Gasteiger partial charge in [-0.15, -0.1) is 0 Å². The predicted octanol–water partition coefficient (Wildman–Crippen LogP) is 3.47. The van der Waals surface area contributed by atoms with E-state index < -0.39 is 19.7 Å². The number of allylic oxidation sites excluding steroid dienone is 2. The van der Waals surface area contributed by atoms with Gasteiger partial charge in [0.2, 0.25) is 0 Å². The first kappa shape index (κ1) is 18.9. The second kappa shape index (κ2) is 8.21. The van der Waals surface area contributed by atoms with Crippen molar-refractivity contribution < 1.29 is 16.8 Å². The molecule has 0 aliphatic carbocycles. The molecule has 0 saturated heterocycles. The first-order chi connectivity index (χ1) is 9.17. The largest absolute Gasteiger partial charge is 0.220 e. The van der Waals surface area contributed by atoms with Crippen LogP contribution in [-0.2, 0) is 19.7 Å². The molecule has 0 bridgehead atoms. The number of unbranched alkanes of at least 4 members (excludes halogenated alkanes) is 3. The third kappa shape index (κ3) is 6.34. The summed E-state index contributed by atoms with van der Waals surface area (Å²) in [5, 5.41) is 1.80. The van der Waals surface area contributed by atoms with Crippen LogP contribution < -0.4 is 0 Å². The Morgan fingerprint density at radius 3 is 1.25 bits per heavy atom. The minimum Gasteiger partial charge on any atom is -0.220 e. The van der Waals surface area contributed by atoms with E-state index in [0.29, 0.717) is 25.7 Å². The summed E-state index contributed by atoms with van der Waals surface area (Å²) in [4.78, 5) is 0.345. The Morgan fingerprint density at radius 2 is 1.00 bits per heavy atom. The molecule has 0 heterocycles. The van der Waals surface area contributed by atoms with Gasteiger partial charge in [-0.25, -0.2) is 16.8 Å². The monoisotopic (exact) mass is 318 g/mol. The summed E-state index contributed by atoms with van der Waals surface area (Å²) in [7, 11) is -6.72. The molecule has 0 radical (unpaired) electrons. The first-order valence-corrected chi connectivity index (χ1v) is 9.37. The van der Waals surface area contributed by atoms with Gasteiger partial charge in [-0.3, -0.25) is 0 Å². The lowest BCUT2D eigenvalue weighted by Crippen LogP contribution is -1.99. The summed E-state index contributed by atoms with van der Waals surface area (Å²) in [5.41, 5.74) is 0. The van der Waals surface area contributed by atoms with E-state index in [2.05, 4.69) is 26.3 Å². The van der Waals surface area contributed by atoms with Crippen LogP contribution in [0.25, 0.3) is 0 Å². The molecule has 0 aromatic rings. The van der Waals surface area contributed by atoms with Crippen molar-refractivity contribution in [1.29, 1.82) is 0 Å². The summed E-state index contributed by atoms with van der Waals surface area (Å²) in [6.45, 7) is 13.5. The maximum atomic E-state index is 11.3. The summed E-state index contributed by atoms with van der Waals surface area (Å²) >= 11 is 0. The Balaban J connectivity index is 3.91. The highest BCUT2D eigenvalue weighted by molar-refractivity contribution is 7.98. The summed E-state index contributed by atoms with van der Waals surface area (Å²) in [6.07, 6.45) is 3.83. The average molecular weight is 318 g/mol. The molecule has 20 heavy (non-hydrogen) atoms. The van der Waals surface area contributed by atoms with Crippen LogP contribution in [0.4, 0.5) is 0 Å². The van der Waals surface area contributed by atoms with Gasteiger partial charge < -0.3 is 0 Å². The fraction of sp³-hybridized carbons (Fsp3) is 0.429. The molecule has 0 rings (SSSR count). The van der Waals surface area contributed by atoms with Crippen molar-refractivity contribution in [2.24, 2.45) is 0 Å². The fourth-order valence-corrected chi connectivity index (χ4v) is 2.85. The molecule has 0 fully saturated rings. The normalized spacial score (nSPS) is 11.8. The van der Waals surface area contributed by atoms with Crippen LogP contribution >= 0.6 is 0 Å². The van der Waals surface area contributed by atoms with Crippen LogP contribution in [0.3, 0.4) is 0 Å². The highest BCUT2D eigenvalue weighted by Crippen LogP contribution is 2.18. The predicted molar refractivity (Wildman–Crippen MR) is 84.2 cm³/mol. The molecule has 0 amide bonds. The molecule has 0 spiro atoms. The third-order valence-corrected chi connectivity index (χ3v) is 5.80. The lowest BCUT2D eigenvalue weighted by atomic mass is 10.1. The van der Waals surface area contributed by atoms with Crippen molar-refractivity contribution in [2.45, 2.75) is 38.5 Å². The highest BCUT2D eigenvalue weighted by atomic mass is 32.2. The van der Waals surface area contributed by atoms with Gasteiger partial charge >= 0.3 is 0 Å². The molecule has 0 aliphatic heterocycles. The zero-order valence-corrected chi connectivity index (χ0v) is 13.3. The van der Waals surface area contributed by atoms with Gasteiger partial charge in [-0.1, -0.05) is 39.2 Å². The number of sulfone groups is 2. The minimum atomic E-state index is -3.36. The molecule has 4 nitrogen and oxygen atoms in total. The van der Waals surface area contributed by atoms with Crippen molar-refractivity contribution in [3.8, 4) is 0 Å². The van der Waals surface area contributed by atoms with E-state index in [1.165, 1.54) is 0 Å². The molecular weight excluding hydrogens is 296 g/mol. The Labute approximate surface area is 122 Å². The third-order valence-electron chi connectivity index (χ3n) is 2.90. The molecule has 114 valence electrons. The van der Waals surface area contributed by atoms with Crippen LogP contribution in [-0.4, -0.2) is 16.8 Å². The molecule has 0 aliphatic rings. The van der Waals surface area contributed by atoms with Crippen molar-refractivity contribution in [3.63, 3.8) is 0 Å². The van der Waals surface area contributed by atoms with Crippen molar-refractivity contribution in [1.82, 2.24) is 0 Å². The van der Waals surface area contributed by atoms with Gasteiger partial charge in [0.05, 0.1) is 0 Å². The van der Waals surface area contributed by atoms with Gasteiger partial charge in [0, 0.05) is 20.6 Å². The van der Waals surface area contributed by atoms with Crippen molar-refractivity contribution in [2.75, 3.05) is 0 Å². The molecular formula is C14H22O4S2. The second-order valence-corrected chi connectivity index (χ2v) is 8.42. The minimum absolute atomic E-state index is 0.172. The molecule has 0 aromatic heterocycles. The summed E-state index contributed by atoms with van der Waals surface area (Å²) in [5.74, 6) is 0. The highest BCUT2D eigenvalue weighted by Gasteiger charge is 2.11. The molecule has 0 unspecified atom stereocenters. The van der Waals surface area contributed by atoms with Gasteiger partial charge in [0.25, 0.3) is 0 Å². The van der Waals surface area contributed by atoms with E-state index >= 15 is 0 Å². The number of hydrogen-bond acceptors (Lipinski definition) is 4. The zero-order valence-electron chi connectivity index (χ0n) is 11.7. The van der Waals surface area contributed by atoms with Gasteiger partial charge in [-0.2, -0.15) is 0 Å². The van der Waals surface area contributed by atoms with Crippen LogP contribution in [0.2, 0.25) is 0 Å². The maximum absolute atomic E-state index is 11.3. The zero-order chi connectivity index (χ0) is 15.8. The van der Waals surface area contributed by atoms with E-state index in [0.717, 1.165) is 23.7 Å². The summed E-state index contributed by atoms with van der Waals surface area (Å²) < 4.78 is 45.4. The standard InChI is InChI=1S/C14H22O4S2/c1-5-19(15,16)13(3)11-9-7-8-10-12-14(4)20(17,18)6-2/h5-6H,1-4,7-12H2. The number of rotatable bonds is 11. The Bertz CT molecular complexity index is 527. The smallest absolute Gasteiger partial charge is 0.194 e. The van der Waals surface area contributed by atoms with Crippen LogP contribution in [0.15, 0.2) is 46.9 Å². The Morgan fingerprint density at radius 1 is 0.700 bits per heavy atom.